The van der Waals surface area contributed by atoms with Gasteiger partial charge in [-0.05, 0) is 36.8 Å². The quantitative estimate of drug-likeness (QED) is 0.342. The number of guanidine groups is 1. The van der Waals surface area contributed by atoms with Crippen LogP contribution >= 0.6 is 0 Å². The number of esters is 1. The third kappa shape index (κ3) is 5.07. The van der Waals surface area contributed by atoms with Gasteiger partial charge in [-0.15, -0.1) is 5.10 Å². The molecule has 1 atom stereocenters. The summed E-state index contributed by atoms with van der Waals surface area (Å²) in [5, 5.41) is 7.15. The Labute approximate surface area is 110 Å². The van der Waals surface area contributed by atoms with Crippen molar-refractivity contribution in [2.45, 2.75) is 13.0 Å². The fourth-order valence-electron chi connectivity index (χ4n) is 1.21. The fraction of sp³-hybridized carbons (Fsp3) is 0.250. The molecule has 7 heteroatoms. The van der Waals surface area contributed by atoms with Crippen LogP contribution < -0.4 is 16.2 Å². The Morgan fingerprint density at radius 1 is 1.32 bits per heavy atom. The molecule has 1 rings (SSSR count). The minimum atomic E-state index is -0.661. The van der Waals surface area contributed by atoms with E-state index in [1.807, 2.05) is 0 Å². The van der Waals surface area contributed by atoms with Gasteiger partial charge >= 0.3 is 5.97 Å². The summed E-state index contributed by atoms with van der Waals surface area (Å²) in [5.41, 5.74) is 11.0. The third-order valence-corrected chi connectivity index (χ3v) is 2.11. The van der Waals surface area contributed by atoms with Crippen LogP contribution in [0, 0.1) is 0 Å². The first-order valence-corrected chi connectivity index (χ1v) is 5.49. The molecule has 1 aromatic rings. The van der Waals surface area contributed by atoms with Gasteiger partial charge in [0.1, 0.15) is 5.75 Å². The SMILES string of the molecule is COC(=O)C(C)Oc1ccc(C=NN=C(N)N)cc1. The first kappa shape index (κ1) is 14.5. The normalized spacial score (nSPS) is 11.9. The van der Waals surface area contributed by atoms with Crippen molar-refractivity contribution in [3.05, 3.63) is 29.8 Å². The highest BCUT2D eigenvalue weighted by atomic mass is 16.6. The van der Waals surface area contributed by atoms with Crippen molar-refractivity contribution in [3.8, 4) is 5.75 Å². The van der Waals surface area contributed by atoms with Crippen LogP contribution in [-0.2, 0) is 9.53 Å². The van der Waals surface area contributed by atoms with Crippen LogP contribution in [-0.4, -0.2) is 31.4 Å². The molecular formula is C12H16N4O3. The Balaban J connectivity index is 2.64. The molecule has 0 radical (unpaired) electrons. The Kier molecular flexibility index (Phi) is 5.34. The van der Waals surface area contributed by atoms with Gasteiger partial charge in [-0.3, -0.25) is 0 Å². The minimum Gasteiger partial charge on any atom is -0.479 e. The predicted octanol–water partition coefficient (Wildman–Crippen LogP) is 0.234. The predicted molar refractivity (Wildman–Crippen MR) is 72.0 cm³/mol. The molecule has 0 amide bonds. The van der Waals surface area contributed by atoms with Crippen molar-refractivity contribution in [3.63, 3.8) is 0 Å². The first-order chi connectivity index (χ1) is 9.02. The molecular weight excluding hydrogens is 248 g/mol. The average molecular weight is 264 g/mol. The molecule has 0 bridgehead atoms. The van der Waals surface area contributed by atoms with Crippen molar-refractivity contribution >= 4 is 18.1 Å². The van der Waals surface area contributed by atoms with Gasteiger partial charge in [0, 0.05) is 0 Å². The van der Waals surface area contributed by atoms with E-state index in [9.17, 15) is 4.79 Å². The van der Waals surface area contributed by atoms with Gasteiger partial charge in [0.25, 0.3) is 0 Å². The second kappa shape index (κ2) is 7.00. The lowest BCUT2D eigenvalue weighted by molar-refractivity contribution is -0.147. The summed E-state index contributed by atoms with van der Waals surface area (Å²) in [5.74, 6) is 0.0124. The van der Waals surface area contributed by atoms with Crippen LogP contribution in [0.5, 0.6) is 5.75 Å². The van der Waals surface area contributed by atoms with E-state index in [4.69, 9.17) is 16.2 Å². The van der Waals surface area contributed by atoms with E-state index in [2.05, 4.69) is 14.9 Å². The van der Waals surface area contributed by atoms with Crippen molar-refractivity contribution in [1.82, 2.24) is 0 Å². The number of nitrogens with two attached hydrogens (primary N) is 2. The molecule has 19 heavy (non-hydrogen) atoms. The molecule has 0 fully saturated rings. The number of hydrogen-bond acceptors (Lipinski definition) is 5. The van der Waals surface area contributed by atoms with Gasteiger partial charge in [0.05, 0.1) is 13.3 Å². The summed E-state index contributed by atoms with van der Waals surface area (Å²) in [6.07, 6.45) is 0.832. The molecule has 4 N–H and O–H groups in total. The smallest absolute Gasteiger partial charge is 0.346 e. The average Bonchev–Trinajstić information content (AvgIpc) is 2.39. The number of rotatable bonds is 5. The minimum absolute atomic E-state index is 0.108. The monoisotopic (exact) mass is 264 g/mol. The molecule has 7 nitrogen and oxygen atoms in total. The number of hydrogen-bond donors (Lipinski definition) is 2. The van der Waals surface area contributed by atoms with Crippen LogP contribution in [0.25, 0.3) is 0 Å². The van der Waals surface area contributed by atoms with E-state index in [1.54, 1.807) is 31.2 Å². The van der Waals surface area contributed by atoms with Crippen LogP contribution in [0.2, 0.25) is 0 Å². The van der Waals surface area contributed by atoms with Crippen LogP contribution in [0.4, 0.5) is 0 Å². The fourth-order valence-corrected chi connectivity index (χ4v) is 1.21. The maximum absolute atomic E-state index is 11.2. The molecule has 1 unspecified atom stereocenters. The second-order valence-corrected chi connectivity index (χ2v) is 3.62. The number of benzene rings is 1. The van der Waals surface area contributed by atoms with Gasteiger partial charge in [-0.2, -0.15) is 5.10 Å². The standard InChI is InChI=1S/C12H16N4O3/c1-8(11(17)18-2)19-10-5-3-9(4-6-10)7-15-16-12(13)14/h3-8H,1-2H3,(H4,13,14,16). The zero-order valence-electron chi connectivity index (χ0n) is 10.7. The zero-order chi connectivity index (χ0) is 14.3. The third-order valence-electron chi connectivity index (χ3n) is 2.11. The lowest BCUT2D eigenvalue weighted by Crippen LogP contribution is -2.24. The summed E-state index contributed by atoms with van der Waals surface area (Å²) in [6, 6.07) is 6.92. The van der Waals surface area contributed by atoms with E-state index in [0.29, 0.717) is 5.75 Å². The van der Waals surface area contributed by atoms with Crippen molar-refractivity contribution < 1.29 is 14.3 Å². The Morgan fingerprint density at radius 3 is 2.47 bits per heavy atom. The van der Waals surface area contributed by atoms with Crippen molar-refractivity contribution in [2.75, 3.05) is 7.11 Å². The molecule has 0 aromatic heterocycles. The zero-order valence-corrected chi connectivity index (χ0v) is 10.7. The molecule has 0 saturated heterocycles. The van der Waals surface area contributed by atoms with Crippen LogP contribution in [0.15, 0.2) is 34.5 Å². The molecule has 0 aliphatic heterocycles. The Hall–Kier alpha value is -2.57. The summed E-state index contributed by atoms with van der Waals surface area (Å²) < 4.78 is 9.94. The summed E-state index contributed by atoms with van der Waals surface area (Å²) in [4.78, 5) is 11.2. The Morgan fingerprint density at radius 2 is 1.95 bits per heavy atom. The van der Waals surface area contributed by atoms with E-state index in [0.717, 1.165) is 5.56 Å². The second-order valence-electron chi connectivity index (χ2n) is 3.62. The van der Waals surface area contributed by atoms with Gasteiger partial charge in [-0.25, -0.2) is 4.79 Å². The number of carbonyl (C=O) groups is 1. The van der Waals surface area contributed by atoms with Crippen LogP contribution in [0.1, 0.15) is 12.5 Å². The maximum Gasteiger partial charge on any atom is 0.346 e. The van der Waals surface area contributed by atoms with Crippen molar-refractivity contribution in [2.24, 2.45) is 21.7 Å². The molecule has 0 aliphatic rings. The number of carbonyl (C=O) groups excluding carboxylic acids is 1. The van der Waals surface area contributed by atoms with Crippen LogP contribution in [0.3, 0.4) is 0 Å². The molecule has 0 saturated carbocycles. The van der Waals surface area contributed by atoms with Gasteiger partial charge in [0.2, 0.25) is 5.96 Å². The van der Waals surface area contributed by atoms with E-state index >= 15 is 0 Å². The molecule has 1 aromatic carbocycles. The number of methoxy groups -OCH3 is 1. The highest BCUT2D eigenvalue weighted by Gasteiger charge is 2.14. The lowest BCUT2D eigenvalue weighted by atomic mass is 10.2. The highest BCUT2D eigenvalue weighted by molar-refractivity contribution is 5.81. The maximum atomic E-state index is 11.2. The topological polar surface area (TPSA) is 112 Å². The van der Waals surface area contributed by atoms with Gasteiger partial charge in [0.15, 0.2) is 6.10 Å². The van der Waals surface area contributed by atoms with E-state index < -0.39 is 12.1 Å². The summed E-state index contributed by atoms with van der Waals surface area (Å²) >= 11 is 0. The molecule has 102 valence electrons. The Bertz CT molecular complexity index is 478. The first-order valence-electron chi connectivity index (χ1n) is 5.49. The van der Waals surface area contributed by atoms with Crippen molar-refractivity contribution in [1.29, 1.82) is 0 Å². The summed E-state index contributed by atoms with van der Waals surface area (Å²) in [6.45, 7) is 1.61. The largest absolute Gasteiger partial charge is 0.479 e. The highest BCUT2D eigenvalue weighted by Crippen LogP contribution is 2.13. The van der Waals surface area contributed by atoms with Gasteiger partial charge < -0.3 is 20.9 Å². The van der Waals surface area contributed by atoms with E-state index in [1.165, 1.54) is 13.3 Å². The van der Waals surface area contributed by atoms with E-state index in [-0.39, 0.29) is 5.96 Å². The lowest BCUT2D eigenvalue weighted by Gasteiger charge is -2.12. The molecule has 0 heterocycles. The molecule has 0 spiro atoms. The van der Waals surface area contributed by atoms with Gasteiger partial charge in [-0.1, -0.05) is 0 Å². The molecule has 0 aliphatic carbocycles. The number of nitrogens with zero attached hydrogens (tertiary/aromatic N) is 2. The summed E-state index contributed by atoms with van der Waals surface area (Å²) in [7, 11) is 1.31. The number of ether oxygens (including phenoxy) is 2.